The molecule has 5 aromatic rings. The van der Waals surface area contributed by atoms with Crippen LogP contribution in [0.5, 0.6) is 0 Å². The van der Waals surface area contributed by atoms with Gasteiger partial charge in [0.1, 0.15) is 35.5 Å². The third-order valence-corrected chi connectivity index (χ3v) is 11.5. The number of nitrogens with zero attached hydrogens (tertiary/aromatic N) is 2. The maximum Gasteiger partial charge on any atom is 0.159 e. The number of halogens is 1. The molecule has 0 saturated carbocycles. The number of carbonyl (C=O) groups excluding carboxylic acids is 1. The lowest BCUT2D eigenvalue weighted by Crippen LogP contribution is -3.00. The largest absolute Gasteiger partial charge is 1.00 e. The first-order chi connectivity index (χ1) is 22.6. The normalized spacial score (nSPS) is 10.1. The topological polar surface area (TPSA) is 64.7 Å². The SMILES string of the molecule is CCCc1cccc(C=CC#N)c1.CCCc1cccc(C=O)c1.N#CC[P+](c1ccccc1)(c1ccccc1)c1ccccc1.[Cl-]. The van der Waals surface area contributed by atoms with E-state index >= 15 is 0 Å². The second kappa shape index (κ2) is 21.9. The van der Waals surface area contributed by atoms with Crippen LogP contribution in [-0.2, 0) is 12.8 Å². The molecule has 0 atom stereocenters. The molecule has 238 valence electrons. The van der Waals surface area contributed by atoms with Crippen LogP contribution in [-0.4, -0.2) is 12.4 Å². The molecule has 5 aromatic carbocycles. The van der Waals surface area contributed by atoms with Gasteiger partial charge in [-0.2, -0.15) is 10.5 Å². The molecule has 0 saturated heterocycles. The van der Waals surface area contributed by atoms with Gasteiger partial charge < -0.3 is 12.4 Å². The maximum atomic E-state index is 10.4. The summed E-state index contributed by atoms with van der Waals surface area (Å²) < 4.78 is 0. The second-order valence-corrected chi connectivity index (χ2v) is 14.2. The van der Waals surface area contributed by atoms with E-state index in [4.69, 9.17) is 5.26 Å². The smallest absolute Gasteiger partial charge is 0.159 e. The fourth-order valence-electron chi connectivity index (χ4n) is 5.26. The Balaban J connectivity index is 0.000000264. The third kappa shape index (κ3) is 11.8. The number of allylic oxidation sites excluding steroid dienone is 1. The van der Waals surface area contributed by atoms with E-state index in [0.717, 1.165) is 43.1 Å². The van der Waals surface area contributed by atoms with Crippen molar-refractivity contribution in [2.45, 2.75) is 39.5 Å². The van der Waals surface area contributed by atoms with Gasteiger partial charge >= 0.3 is 0 Å². The molecule has 5 heteroatoms. The Morgan fingerprint density at radius 2 is 1.02 bits per heavy atom. The molecule has 0 amide bonds. The van der Waals surface area contributed by atoms with Crippen molar-refractivity contribution in [3.8, 4) is 12.1 Å². The Morgan fingerprint density at radius 1 is 0.596 bits per heavy atom. The van der Waals surface area contributed by atoms with Gasteiger partial charge in [-0.3, -0.25) is 4.79 Å². The minimum absolute atomic E-state index is 0. The highest BCUT2D eigenvalue weighted by Gasteiger charge is 2.45. The molecule has 0 radical (unpaired) electrons. The summed E-state index contributed by atoms with van der Waals surface area (Å²) in [6, 6.07) is 51.9. The molecule has 0 aliphatic heterocycles. The zero-order valence-corrected chi connectivity index (χ0v) is 28.8. The molecule has 0 aliphatic carbocycles. The highest BCUT2D eigenvalue weighted by atomic mass is 35.5. The van der Waals surface area contributed by atoms with Gasteiger partial charge in [0, 0.05) is 11.6 Å². The summed E-state index contributed by atoms with van der Waals surface area (Å²) in [7, 11) is -1.91. The van der Waals surface area contributed by atoms with Crippen LogP contribution < -0.4 is 28.3 Å². The van der Waals surface area contributed by atoms with E-state index in [1.54, 1.807) is 0 Å². The number of hydrogen-bond acceptors (Lipinski definition) is 3. The van der Waals surface area contributed by atoms with Gasteiger partial charge in [-0.05, 0) is 78.1 Å². The monoisotopic (exact) mass is 656 g/mol. The average Bonchev–Trinajstić information content (AvgIpc) is 3.12. The average molecular weight is 657 g/mol. The minimum Gasteiger partial charge on any atom is -1.00 e. The fourth-order valence-corrected chi connectivity index (χ4v) is 8.96. The van der Waals surface area contributed by atoms with Crippen LogP contribution in [0.2, 0.25) is 0 Å². The van der Waals surface area contributed by atoms with Gasteiger partial charge in [0.25, 0.3) is 0 Å². The number of aryl methyl sites for hydroxylation is 2. The number of carbonyl (C=O) groups is 1. The summed E-state index contributed by atoms with van der Waals surface area (Å²) >= 11 is 0. The standard InChI is InChI=1S/C20H17NP.C12H13N.C10H12O.ClH/c21-16-17-22(18-10-4-1-5-11-18,19-12-6-2-7-13-19)20-14-8-3-9-15-20;1-2-5-11-6-3-7-12(10-11)8-4-9-13;1-2-4-9-5-3-6-10(7-9)8-11;/h1-15H,17H2;3-4,6-8,10H,2,5H2,1H3;3,5-8H,2,4H2,1H3;1H/q+1;;;/p-1. The first-order valence-corrected chi connectivity index (χ1v) is 17.7. The van der Waals surface area contributed by atoms with E-state index in [2.05, 4.69) is 111 Å². The lowest BCUT2D eigenvalue weighted by atomic mass is 10.1. The van der Waals surface area contributed by atoms with E-state index < -0.39 is 7.26 Å². The molecule has 0 fully saturated rings. The first kappa shape index (κ1) is 38.4. The van der Waals surface area contributed by atoms with Crippen LogP contribution in [0.4, 0.5) is 0 Å². The molecule has 0 unspecified atom stereocenters. The van der Waals surface area contributed by atoms with Gasteiger partial charge in [-0.15, -0.1) is 0 Å². The van der Waals surface area contributed by atoms with Gasteiger partial charge in [0.2, 0.25) is 0 Å². The van der Waals surface area contributed by atoms with Crippen molar-refractivity contribution in [3.63, 3.8) is 0 Å². The van der Waals surface area contributed by atoms with E-state index in [1.807, 2.05) is 60.7 Å². The van der Waals surface area contributed by atoms with Crippen LogP contribution in [0.3, 0.4) is 0 Å². The summed E-state index contributed by atoms with van der Waals surface area (Å²) in [5.74, 6) is 0. The molecular weight excluding hydrogens is 615 g/mol. The molecular formula is C42H42ClN2OP. The Labute approximate surface area is 288 Å². The Hall–Kier alpha value is -4.79. The molecule has 47 heavy (non-hydrogen) atoms. The van der Waals surface area contributed by atoms with Gasteiger partial charge in [0.15, 0.2) is 6.16 Å². The predicted octanol–water partition coefficient (Wildman–Crippen LogP) is 6.14. The molecule has 0 spiro atoms. The quantitative estimate of drug-likeness (QED) is 0.103. The van der Waals surface area contributed by atoms with E-state index in [9.17, 15) is 10.1 Å². The first-order valence-electron chi connectivity index (χ1n) is 15.7. The van der Waals surface area contributed by atoms with Crippen molar-refractivity contribution in [1.29, 1.82) is 10.5 Å². The molecule has 0 heterocycles. The zero-order valence-electron chi connectivity index (χ0n) is 27.2. The van der Waals surface area contributed by atoms with Crippen LogP contribution >= 0.6 is 7.26 Å². The molecule has 0 N–H and O–H groups in total. The summed E-state index contributed by atoms with van der Waals surface area (Å²) in [5, 5.41) is 21.7. The van der Waals surface area contributed by atoms with Gasteiger partial charge in [-0.1, -0.05) is 124 Å². The molecule has 0 aromatic heterocycles. The Morgan fingerprint density at radius 3 is 1.40 bits per heavy atom. The lowest BCUT2D eigenvalue weighted by molar-refractivity contribution is -0.0000160. The van der Waals surface area contributed by atoms with Crippen molar-refractivity contribution in [2.24, 2.45) is 0 Å². The van der Waals surface area contributed by atoms with Crippen molar-refractivity contribution in [3.05, 3.63) is 168 Å². The van der Waals surface area contributed by atoms with E-state index in [0.29, 0.717) is 6.16 Å². The lowest BCUT2D eigenvalue weighted by Gasteiger charge is -2.25. The summed E-state index contributed by atoms with van der Waals surface area (Å²) in [6.45, 7) is 4.30. The van der Waals surface area contributed by atoms with Crippen molar-refractivity contribution in [1.82, 2.24) is 0 Å². The number of benzene rings is 5. The zero-order chi connectivity index (χ0) is 32.9. The summed E-state index contributed by atoms with van der Waals surface area (Å²) in [5.41, 5.74) is 4.46. The number of rotatable bonds is 10. The van der Waals surface area contributed by atoms with Crippen LogP contribution in [0.1, 0.15) is 53.7 Å². The van der Waals surface area contributed by atoms with Crippen LogP contribution in [0, 0.1) is 22.7 Å². The van der Waals surface area contributed by atoms with Gasteiger partial charge in [-0.25, -0.2) is 0 Å². The highest BCUT2D eigenvalue weighted by Crippen LogP contribution is 2.54. The van der Waals surface area contributed by atoms with Gasteiger partial charge in [0.05, 0.1) is 6.07 Å². The highest BCUT2D eigenvalue weighted by molar-refractivity contribution is 7.95. The summed E-state index contributed by atoms with van der Waals surface area (Å²) in [6.07, 6.45) is 9.19. The molecule has 5 rings (SSSR count). The van der Waals surface area contributed by atoms with Crippen LogP contribution in [0.15, 0.2) is 146 Å². The predicted molar refractivity (Wildman–Crippen MR) is 197 cm³/mol. The number of hydrogen-bond donors (Lipinski definition) is 0. The third-order valence-electron chi connectivity index (χ3n) is 7.36. The minimum atomic E-state index is -1.91. The Kier molecular flexibility index (Phi) is 17.9. The number of aldehydes is 1. The maximum absolute atomic E-state index is 10.4. The molecule has 0 bridgehead atoms. The number of nitriles is 2. The van der Waals surface area contributed by atoms with E-state index in [-0.39, 0.29) is 12.4 Å². The van der Waals surface area contributed by atoms with Crippen molar-refractivity contribution in [2.75, 3.05) is 6.16 Å². The van der Waals surface area contributed by atoms with Crippen LogP contribution in [0.25, 0.3) is 6.08 Å². The molecule has 0 aliphatic rings. The summed E-state index contributed by atoms with van der Waals surface area (Å²) in [4.78, 5) is 10.4. The second-order valence-electron chi connectivity index (χ2n) is 10.7. The fraction of sp³-hybridized carbons (Fsp3) is 0.167. The molecule has 3 nitrogen and oxygen atoms in total. The van der Waals surface area contributed by atoms with E-state index in [1.165, 1.54) is 33.1 Å². The van der Waals surface area contributed by atoms with Crippen molar-refractivity contribution >= 4 is 35.5 Å². The van der Waals surface area contributed by atoms with Crippen molar-refractivity contribution < 1.29 is 17.2 Å². The Bertz CT molecular complexity index is 1630.